The highest BCUT2D eigenvalue weighted by Crippen LogP contribution is 2.46. The van der Waals surface area contributed by atoms with Crippen LogP contribution in [0.2, 0.25) is 5.02 Å². The molecule has 1 saturated heterocycles. The van der Waals surface area contributed by atoms with Gasteiger partial charge in [0.05, 0.1) is 18.8 Å². The number of benzene rings is 1. The van der Waals surface area contributed by atoms with E-state index in [0.29, 0.717) is 11.6 Å². The Labute approximate surface area is 207 Å². The number of anilines is 2. The van der Waals surface area contributed by atoms with Gasteiger partial charge in [0.1, 0.15) is 29.0 Å². The van der Waals surface area contributed by atoms with Gasteiger partial charge in [0, 0.05) is 36.5 Å². The van der Waals surface area contributed by atoms with E-state index in [0.717, 1.165) is 73.1 Å². The number of aromatic nitrogens is 2. The zero-order chi connectivity index (χ0) is 23.0. The summed E-state index contributed by atoms with van der Waals surface area (Å²) in [5.41, 5.74) is 1.41. The zero-order valence-corrected chi connectivity index (χ0v) is 20.1. The lowest BCUT2D eigenvalue weighted by Gasteiger charge is -2.34. The largest absolute Gasteiger partial charge is 0.487 e. The minimum atomic E-state index is -0.291. The van der Waals surface area contributed by atoms with Crippen molar-refractivity contribution in [2.45, 2.75) is 24.5 Å². The number of aliphatic imine (C=N–C) groups is 1. The Balaban J connectivity index is 1.13. The van der Waals surface area contributed by atoms with Gasteiger partial charge in [-0.25, -0.2) is 9.97 Å². The van der Waals surface area contributed by atoms with Crippen molar-refractivity contribution in [3.63, 3.8) is 0 Å². The number of hydrogen-bond donors (Lipinski definition) is 2. The zero-order valence-electron chi connectivity index (χ0n) is 18.5. The lowest BCUT2D eigenvalue weighted by atomic mass is 10.2. The summed E-state index contributed by atoms with van der Waals surface area (Å²) in [5.74, 6) is 2.53. The van der Waals surface area contributed by atoms with E-state index in [4.69, 9.17) is 31.0 Å². The summed E-state index contributed by atoms with van der Waals surface area (Å²) in [7, 11) is 0. The molecule has 3 aliphatic rings. The number of hydrogen-bond acceptors (Lipinski definition) is 9. The average molecular weight is 497 g/mol. The Morgan fingerprint density at radius 3 is 2.94 bits per heavy atom. The van der Waals surface area contributed by atoms with Gasteiger partial charge in [-0.3, -0.25) is 4.99 Å². The van der Waals surface area contributed by atoms with Crippen molar-refractivity contribution < 1.29 is 9.47 Å². The van der Waals surface area contributed by atoms with Crippen molar-refractivity contribution in [3.05, 3.63) is 52.9 Å². The van der Waals surface area contributed by atoms with Crippen LogP contribution in [0.15, 0.2) is 52.8 Å². The SMILES string of the molecule is Clc1ccc(O[C@H]2C[C@]23CN(c2cccc(-c4csc(NC5=NCCCN5)n4)n2)CCO3)cc1. The number of thiazole rings is 1. The normalized spacial score (nSPS) is 23.9. The second kappa shape index (κ2) is 9.05. The van der Waals surface area contributed by atoms with Gasteiger partial charge < -0.3 is 25.0 Å². The molecule has 0 unspecified atom stereocenters. The quantitative estimate of drug-likeness (QED) is 0.551. The molecule has 0 amide bonds. The number of nitrogens with one attached hydrogen (secondary N) is 2. The smallest absolute Gasteiger partial charge is 0.197 e. The van der Waals surface area contributed by atoms with Gasteiger partial charge in [-0.2, -0.15) is 0 Å². The molecule has 0 bridgehead atoms. The highest BCUT2D eigenvalue weighted by Gasteiger charge is 2.60. The lowest BCUT2D eigenvalue weighted by molar-refractivity contribution is -0.00571. The Morgan fingerprint density at radius 1 is 1.18 bits per heavy atom. The number of nitrogens with zero attached hydrogens (tertiary/aromatic N) is 4. The topological polar surface area (TPSA) is 83.9 Å². The maximum Gasteiger partial charge on any atom is 0.197 e. The number of pyridine rings is 1. The van der Waals surface area contributed by atoms with E-state index in [9.17, 15) is 0 Å². The summed E-state index contributed by atoms with van der Waals surface area (Å²) < 4.78 is 12.3. The van der Waals surface area contributed by atoms with Gasteiger partial charge in [0.25, 0.3) is 0 Å². The molecule has 2 N–H and O–H groups in total. The molecule has 2 aliphatic heterocycles. The molecule has 1 spiro atoms. The predicted molar refractivity (Wildman–Crippen MR) is 135 cm³/mol. The van der Waals surface area contributed by atoms with Crippen LogP contribution in [0, 0.1) is 0 Å². The molecule has 1 aliphatic carbocycles. The van der Waals surface area contributed by atoms with Crippen molar-refractivity contribution in [2.75, 3.05) is 43.0 Å². The number of guanidine groups is 1. The second-order valence-electron chi connectivity index (χ2n) is 8.65. The summed E-state index contributed by atoms with van der Waals surface area (Å²) >= 11 is 7.54. The molecule has 2 atom stereocenters. The molecule has 3 aromatic rings. The van der Waals surface area contributed by atoms with Gasteiger partial charge in [-0.1, -0.05) is 17.7 Å². The van der Waals surface area contributed by atoms with Crippen LogP contribution in [-0.4, -0.2) is 60.4 Å². The first-order valence-electron chi connectivity index (χ1n) is 11.5. The Bertz CT molecular complexity index is 1200. The van der Waals surface area contributed by atoms with Crippen LogP contribution in [0.25, 0.3) is 11.4 Å². The molecule has 2 fully saturated rings. The highest BCUT2D eigenvalue weighted by atomic mass is 35.5. The monoisotopic (exact) mass is 496 g/mol. The van der Waals surface area contributed by atoms with Crippen molar-refractivity contribution in [3.8, 4) is 17.1 Å². The lowest BCUT2D eigenvalue weighted by Crippen LogP contribution is -2.46. The van der Waals surface area contributed by atoms with Crippen LogP contribution >= 0.6 is 22.9 Å². The molecule has 0 radical (unpaired) electrons. The third kappa shape index (κ3) is 4.55. The average Bonchev–Trinajstić information content (AvgIpc) is 3.28. The molecular weight excluding hydrogens is 472 g/mol. The maximum absolute atomic E-state index is 6.17. The minimum Gasteiger partial charge on any atom is -0.487 e. The number of morpholine rings is 1. The van der Waals surface area contributed by atoms with E-state index in [2.05, 4.69) is 20.5 Å². The molecule has 1 saturated carbocycles. The Kier molecular flexibility index (Phi) is 5.76. The van der Waals surface area contributed by atoms with Gasteiger partial charge in [-0.15, -0.1) is 11.3 Å². The predicted octanol–water partition coefficient (Wildman–Crippen LogP) is 4.05. The van der Waals surface area contributed by atoms with E-state index in [1.807, 2.05) is 47.8 Å². The fourth-order valence-electron chi connectivity index (χ4n) is 4.31. The summed E-state index contributed by atoms with van der Waals surface area (Å²) in [6.45, 7) is 3.95. The third-order valence-electron chi connectivity index (χ3n) is 6.21. The van der Waals surface area contributed by atoms with Gasteiger partial charge in [0.15, 0.2) is 11.1 Å². The minimum absolute atomic E-state index is 0.0307. The van der Waals surface area contributed by atoms with Crippen LogP contribution in [-0.2, 0) is 4.74 Å². The van der Waals surface area contributed by atoms with Gasteiger partial charge >= 0.3 is 0 Å². The van der Waals surface area contributed by atoms with Gasteiger partial charge in [0.2, 0.25) is 0 Å². The molecule has 8 nitrogen and oxygen atoms in total. The molecule has 34 heavy (non-hydrogen) atoms. The Hall–Kier alpha value is -2.88. The number of halogens is 1. The van der Waals surface area contributed by atoms with Crippen LogP contribution in [0.1, 0.15) is 12.8 Å². The van der Waals surface area contributed by atoms with Crippen LogP contribution in [0.4, 0.5) is 10.9 Å². The Morgan fingerprint density at radius 2 is 2.09 bits per heavy atom. The molecule has 10 heteroatoms. The van der Waals surface area contributed by atoms with Gasteiger partial charge in [-0.05, 0) is 42.8 Å². The van der Waals surface area contributed by atoms with Crippen LogP contribution in [0.5, 0.6) is 5.75 Å². The second-order valence-corrected chi connectivity index (χ2v) is 9.95. The molecule has 6 rings (SSSR count). The first-order chi connectivity index (χ1) is 16.7. The van der Waals surface area contributed by atoms with E-state index >= 15 is 0 Å². The summed E-state index contributed by atoms with van der Waals surface area (Å²) in [6.07, 6.45) is 1.95. The first-order valence-corrected chi connectivity index (χ1v) is 12.7. The van der Waals surface area contributed by atoms with Crippen molar-refractivity contribution in [2.24, 2.45) is 4.99 Å². The van der Waals surface area contributed by atoms with E-state index in [-0.39, 0.29) is 11.7 Å². The number of ether oxygens (including phenoxy) is 2. The highest BCUT2D eigenvalue weighted by molar-refractivity contribution is 7.14. The van der Waals surface area contributed by atoms with Crippen molar-refractivity contribution >= 4 is 39.8 Å². The van der Waals surface area contributed by atoms with Crippen molar-refractivity contribution in [1.82, 2.24) is 15.3 Å². The summed E-state index contributed by atoms with van der Waals surface area (Å²) in [5, 5.41) is 10.1. The third-order valence-corrected chi connectivity index (χ3v) is 7.22. The fraction of sp³-hybridized carbons (Fsp3) is 0.375. The molecule has 176 valence electrons. The first kappa shape index (κ1) is 21.6. The fourth-order valence-corrected chi connectivity index (χ4v) is 5.14. The van der Waals surface area contributed by atoms with E-state index in [1.165, 1.54) is 0 Å². The summed E-state index contributed by atoms with van der Waals surface area (Å²) in [4.78, 5) is 16.4. The molecule has 1 aromatic carbocycles. The van der Waals surface area contributed by atoms with Crippen LogP contribution in [0.3, 0.4) is 0 Å². The number of rotatable bonds is 5. The van der Waals surface area contributed by atoms with Crippen molar-refractivity contribution in [1.29, 1.82) is 0 Å². The molecular formula is C24H25ClN6O2S. The van der Waals surface area contributed by atoms with Crippen LogP contribution < -0.4 is 20.3 Å². The standard InChI is InChI=1S/C24H25ClN6O2S/c25-16-5-7-17(8-6-16)33-20-13-24(20)15-31(11-12-32-24)21-4-1-3-18(28-21)19-14-34-23(29-19)30-22-26-9-2-10-27-22/h1,3-8,14,20H,2,9-13,15H2,(H2,26,27,29,30)/t20-,24-/m0/s1. The maximum atomic E-state index is 6.17. The van der Waals surface area contributed by atoms with E-state index in [1.54, 1.807) is 11.3 Å². The van der Waals surface area contributed by atoms with E-state index < -0.39 is 0 Å². The summed E-state index contributed by atoms with van der Waals surface area (Å²) in [6, 6.07) is 13.6. The molecule has 4 heterocycles. The molecule has 2 aromatic heterocycles.